The van der Waals surface area contributed by atoms with Crippen LogP contribution in [0.25, 0.3) is 10.9 Å². The van der Waals surface area contributed by atoms with Crippen molar-refractivity contribution in [1.29, 1.82) is 0 Å². The molecule has 0 aliphatic rings. The molecular weight excluding hydrogens is 400 g/mol. The van der Waals surface area contributed by atoms with Crippen molar-refractivity contribution >= 4 is 22.8 Å². The van der Waals surface area contributed by atoms with Crippen LogP contribution in [0.5, 0.6) is 0 Å². The molecule has 0 saturated heterocycles. The van der Waals surface area contributed by atoms with Crippen molar-refractivity contribution in [3.8, 4) is 0 Å². The minimum Gasteiger partial charge on any atom is -0.457 e. The average Bonchev–Trinajstić information content (AvgIpc) is 3.24. The summed E-state index contributed by atoms with van der Waals surface area (Å²) in [4.78, 5) is 26.9. The van der Waals surface area contributed by atoms with E-state index in [4.69, 9.17) is 4.74 Å². The fourth-order valence-electron chi connectivity index (χ4n) is 3.60. The van der Waals surface area contributed by atoms with Gasteiger partial charge in [-0.25, -0.2) is 4.79 Å². The highest BCUT2D eigenvalue weighted by molar-refractivity contribution is 5.95. The highest BCUT2D eigenvalue weighted by Gasteiger charge is 2.13. The topological polar surface area (TPSA) is 51.5 Å². The lowest BCUT2D eigenvalue weighted by Crippen LogP contribution is -2.31. The quantitative estimate of drug-likeness (QED) is 0.384. The number of ether oxygens (including phenoxy) is 1. The summed E-state index contributed by atoms with van der Waals surface area (Å²) in [5.41, 5.74) is 3.57. The van der Waals surface area contributed by atoms with Gasteiger partial charge in [0.1, 0.15) is 13.2 Å². The molecule has 0 unspecified atom stereocenters. The molecule has 162 valence electrons. The van der Waals surface area contributed by atoms with Crippen molar-refractivity contribution in [2.75, 3.05) is 13.6 Å². The third-order valence-electron chi connectivity index (χ3n) is 5.53. The molecular formula is C27H26N2O3. The van der Waals surface area contributed by atoms with Gasteiger partial charge in [-0.3, -0.25) is 4.79 Å². The van der Waals surface area contributed by atoms with Crippen LogP contribution in [-0.4, -0.2) is 34.9 Å². The van der Waals surface area contributed by atoms with Crippen LogP contribution in [0.3, 0.4) is 0 Å². The molecule has 0 spiro atoms. The Morgan fingerprint density at radius 3 is 2.28 bits per heavy atom. The van der Waals surface area contributed by atoms with E-state index in [0.717, 1.165) is 22.9 Å². The van der Waals surface area contributed by atoms with Crippen LogP contribution in [0.1, 0.15) is 21.5 Å². The van der Waals surface area contributed by atoms with Gasteiger partial charge in [0, 0.05) is 30.7 Å². The fraction of sp³-hybridized carbons (Fsp3) is 0.185. The van der Waals surface area contributed by atoms with Gasteiger partial charge in [-0.15, -0.1) is 0 Å². The van der Waals surface area contributed by atoms with E-state index in [0.29, 0.717) is 12.1 Å². The van der Waals surface area contributed by atoms with Crippen molar-refractivity contribution in [3.05, 3.63) is 108 Å². The first kappa shape index (κ1) is 21.4. The van der Waals surface area contributed by atoms with Gasteiger partial charge >= 0.3 is 5.97 Å². The Hall–Kier alpha value is -3.86. The molecule has 0 N–H and O–H groups in total. The molecule has 0 atom stereocenters. The summed E-state index contributed by atoms with van der Waals surface area (Å²) >= 11 is 0. The number of amides is 1. The SMILES string of the molecule is CN(CCc1ccccc1)C(=O)Cn1ccc2cc(C(=O)OCc3ccccc3)ccc21. The van der Waals surface area contributed by atoms with E-state index < -0.39 is 0 Å². The van der Waals surface area contributed by atoms with Gasteiger partial charge in [-0.05, 0) is 41.8 Å². The zero-order valence-corrected chi connectivity index (χ0v) is 18.1. The Morgan fingerprint density at radius 1 is 0.875 bits per heavy atom. The number of hydrogen-bond donors (Lipinski definition) is 0. The van der Waals surface area contributed by atoms with Crippen LogP contribution in [-0.2, 0) is 29.1 Å². The molecule has 0 fully saturated rings. The average molecular weight is 427 g/mol. The predicted octanol–water partition coefficient (Wildman–Crippen LogP) is 4.70. The number of fused-ring (bicyclic) bond motifs is 1. The maximum Gasteiger partial charge on any atom is 0.338 e. The zero-order valence-electron chi connectivity index (χ0n) is 18.1. The van der Waals surface area contributed by atoms with Gasteiger partial charge in [-0.2, -0.15) is 0 Å². The van der Waals surface area contributed by atoms with E-state index >= 15 is 0 Å². The zero-order chi connectivity index (χ0) is 22.3. The number of nitrogens with zero attached hydrogens (tertiary/aromatic N) is 2. The van der Waals surface area contributed by atoms with Crippen molar-refractivity contribution in [1.82, 2.24) is 9.47 Å². The summed E-state index contributed by atoms with van der Waals surface area (Å²) in [6.45, 7) is 1.16. The standard InChI is InChI=1S/C27H26N2O3/c1-28(16-14-21-8-4-2-5-9-21)26(30)19-29-17-15-23-18-24(12-13-25(23)29)27(31)32-20-22-10-6-3-7-11-22/h2-13,15,17-18H,14,16,19-20H2,1H3. The van der Waals surface area contributed by atoms with Gasteiger partial charge in [0.05, 0.1) is 5.56 Å². The van der Waals surface area contributed by atoms with E-state index in [1.807, 2.05) is 84.5 Å². The number of esters is 1. The summed E-state index contributed by atoms with van der Waals surface area (Å²) in [7, 11) is 1.83. The number of rotatable bonds is 8. The lowest BCUT2D eigenvalue weighted by Gasteiger charge is -2.18. The first-order chi connectivity index (χ1) is 15.6. The van der Waals surface area contributed by atoms with Gasteiger partial charge < -0.3 is 14.2 Å². The molecule has 5 heteroatoms. The Kier molecular flexibility index (Phi) is 6.66. The summed E-state index contributed by atoms with van der Waals surface area (Å²) in [6.07, 6.45) is 2.71. The predicted molar refractivity (Wildman–Crippen MR) is 125 cm³/mol. The first-order valence-electron chi connectivity index (χ1n) is 10.7. The van der Waals surface area contributed by atoms with E-state index in [1.54, 1.807) is 11.0 Å². The Bertz CT molecular complexity index is 1200. The third kappa shape index (κ3) is 5.24. The molecule has 1 amide bonds. The van der Waals surface area contributed by atoms with Crippen LogP contribution in [0.2, 0.25) is 0 Å². The van der Waals surface area contributed by atoms with Gasteiger partial charge in [0.25, 0.3) is 0 Å². The second-order valence-corrected chi connectivity index (χ2v) is 7.83. The first-order valence-corrected chi connectivity index (χ1v) is 10.7. The third-order valence-corrected chi connectivity index (χ3v) is 5.53. The monoisotopic (exact) mass is 426 g/mol. The number of aromatic nitrogens is 1. The summed E-state index contributed by atoms with van der Waals surface area (Å²) in [5, 5.41) is 0.902. The molecule has 0 bridgehead atoms. The van der Waals surface area contributed by atoms with E-state index in [-0.39, 0.29) is 25.0 Å². The Morgan fingerprint density at radius 2 is 1.56 bits per heavy atom. The van der Waals surface area contributed by atoms with Gasteiger partial charge in [0.2, 0.25) is 5.91 Å². The molecule has 32 heavy (non-hydrogen) atoms. The maximum absolute atomic E-state index is 12.7. The van der Waals surface area contributed by atoms with Crippen LogP contribution in [0, 0.1) is 0 Å². The number of hydrogen-bond acceptors (Lipinski definition) is 3. The number of benzene rings is 3. The van der Waals surface area contributed by atoms with Crippen LogP contribution < -0.4 is 0 Å². The van der Waals surface area contributed by atoms with Crippen molar-refractivity contribution in [3.63, 3.8) is 0 Å². The highest BCUT2D eigenvalue weighted by atomic mass is 16.5. The Balaban J connectivity index is 1.36. The number of likely N-dealkylation sites (N-methyl/N-ethyl adjacent to an activating group) is 1. The van der Waals surface area contributed by atoms with Crippen LogP contribution in [0.4, 0.5) is 0 Å². The van der Waals surface area contributed by atoms with Gasteiger partial charge in [0.15, 0.2) is 0 Å². The highest BCUT2D eigenvalue weighted by Crippen LogP contribution is 2.19. The molecule has 5 nitrogen and oxygen atoms in total. The Labute approximate surface area is 187 Å². The molecule has 0 radical (unpaired) electrons. The lowest BCUT2D eigenvalue weighted by atomic mass is 10.1. The molecule has 1 heterocycles. The van der Waals surface area contributed by atoms with E-state index in [1.165, 1.54) is 5.56 Å². The fourth-order valence-corrected chi connectivity index (χ4v) is 3.60. The normalized spacial score (nSPS) is 10.8. The number of carbonyl (C=O) groups is 2. The van der Waals surface area contributed by atoms with Crippen molar-refractivity contribution in [2.45, 2.75) is 19.6 Å². The molecule has 0 saturated carbocycles. The summed E-state index contributed by atoms with van der Waals surface area (Å²) < 4.78 is 7.34. The molecule has 4 rings (SSSR count). The van der Waals surface area contributed by atoms with Crippen molar-refractivity contribution < 1.29 is 14.3 Å². The molecule has 3 aromatic carbocycles. The lowest BCUT2D eigenvalue weighted by molar-refractivity contribution is -0.130. The molecule has 1 aromatic heterocycles. The second-order valence-electron chi connectivity index (χ2n) is 7.83. The number of carbonyl (C=O) groups excluding carboxylic acids is 2. The van der Waals surface area contributed by atoms with E-state index in [9.17, 15) is 9.59 Å². The molecule has 0 aliphatic heterocycles. The minimum atomic E-state index is -0.361. The van der Waals surface area contributed by atoms with Crippen molar-refractivity contribution in [2.24, 2.45) is 0 Å². The molecule has 4 aromatic rings. The summed E-state index contributed by atoms with van der Waals surface area (Å²) in [6, 6.07) is 27.1. The second kappa shape index (κ2) is 9.96. The van der Waals surface area contributed by atoms with E-state index in [2.05, 4.69) is 12.1 Å². The summed E-state index contributed by atoms with van der Waals surface area (Å²) in [5.74, 6) is -0.315. The smallest absolute Gasteiger partial charge is 0.338 e. The van der Waals surface area contributed by atoms with Gasteiger partial charge in [-0.1, -0.05) is 60.7 Å². The minimum absolute atomic E-state index is 0.0461. The van der Waals surface area contributed by atoms with Crippen LogP contribution >= 0.6 is 0 Å². The largest absolute Gasteiger partial charge is 0.457 e. The molecule has 0 aliphatic carbocycles. The maximum atomic E-state index is 12.7. The van der Waals surface area contributed by atoms with Crippen LogP contribution in [0.15, 0.2) is 91.1 Å².